The SMILES string of the molecule is CCCCS(=O)(=O)N(C)c1ccc(C)n(-c2cccc(CC(=O)N=CCN)n2)c1=O. The first-order valence-electron chi connectivity index (χ1n) is 9.62. The molecule has 0 bridgehead atoms. The van der Waals surface area contributed by atoms with Crippen molar-refractivity contribution >= 4 is 27.8 Å². The van der Waals surface area contributed by atoms with Gasteiger partial charge in [0.15, 0.2) is 0 Å². The van der Waals surface area contributed by atoms with Gasteiger partial charge >= 0.3 is 0 Å². The van der Waals surface area contributed by atoms with E-state index in [1.54, 1.807) is 31.2 Å². The van der Waals surface area contributed by atoms with Crippen LogP contribution in [-0.2, 0) is 21.2 Å². The first-order chi connectivity index (χ1) is 14.2. The molecule has 2 N–H and O–H groups in total. The third-order valence-electron chi connectivity index (χ3n) is 4.46. The molecule has 1 amide bonds. The van der Waals surface area contributed by atoms with Crippen LogP contribution < -0.4 is 15.6 Å². The number of anilines is 1. The normalized spacial score (nSPS) is 11.7. The molecule has 2 rings (SSSR count). The van der Waals surface area contributed by atoms with Crippen LogP contribution in [0.2, 0.25) is 0 Å². The maximum absolute atomic E-state index is 13.1. The summed E-state index contributed by atoms with van der Waals surface area (Å²) in [6.07, 6.45) is 2.52. The van der Waals surface area contributed by atoms with Gasteiger partial charge in [0, 0.05) is 25.5 Å². The molecule has 0 saturated heterocycles. The lowest BCUT2D eigenvalue weighted by atomic mass is 10.2. The fourth-order valence-corrected chi connectivity index (χ4v) is 4.17. The van der Waals surface area contributed by atoms with Gasteiger partial charge in [-0.1, -0.05) is 19.4 Å². The van der Waals surface area contributed by atoms with Crippen molar-refractivity contribution in [2.45, 2.75) is 33.1 Å². The minimum atomic E-state index is -3.61. The summed E-state index contributed by atoms with van der Waals surface area (Å²) < 4.78 is 27.4. The number of pyridine rings is 2. The fraction of sp³-hybridized carbons (Fsp3) is 0.400. The molecule has 0 aliphatic heterocycles. The summed E-state index contributed by atoms with van der Waals surface area (Å²) in [5.74, 6) is -0.136. The summed E-state index contributed by atoms with van der Waals surface area (Å²) in [6.45, 7) is 3.79. The van der Waals surface area contributed by atoms with E-state index in [-0.39, 0.29) is 24.4 Å². The smallest absolute Gasteiger partial charge is 0.281 e. The molecule has 0 radical (unpaired) electrons. The van der Waals surface area contributed by atoms with E-state index < -0.39 is 21.5 Å². The number of aryl methyl sites for hydroxylation is 1. The zero-order valence-electron chi connectivity index (χ0n) is 17.4. The van der Waals surface area contributed by atoms with Crippen LogP contribution in [0.3, 0.4) is 0 Å². The predicted octanol–water partition coefficient (Wildman–Crippen LogP) is 1.21. The van der Waals surface area contributed by atoms with Crippen molar-refractivity contribution in [1.82, 2.24) is 9.55 Å². The fourth-order valence-electron chi connectivity index (χ4n) is 2.80. The van der Waals surface area contributed by atoms with Gasteiger partial charge < -0.3 is 5.73 Å². The molecule has 0 unspecified atom stereocenters. The number of hydrogen-bond acceptors (Lipinski definition) is 6. The minimum Gasteiger partial charge on any atom is -0.326 e. The van der Waals surface area contributed by atoms with E-state index in [1.807, 2.05) is 6.92 Å². The second kappa shape index (κ2) is 10.3. The van der Waals surface area contributed by atoms with Crippen LogP contribution in [0.4, 0.5) is 5.69 Å². The van der Waals surface area contributed by atoms with E-state index in [9.17, 15) is 18.0 Å². The number of amides is 1. The third kappa shape index (κ3) is 5.61. The van der Waals surface area contributed by atoms with Crippen molar-refractivity contribution in [1.29, 1.82) is 0 Å². The first kappa shape index (κ1) is 23.4. The Kier molecular flexibility index (Phi) is 8.01. The van der Waals surface area contributed by atoms with Crippen LogP contribution in [0, 0.1) is 6.92 Å². The van der Waals surface area contributed by atoms with E-state index in [0.29, 0.717) is 23.6 Å². The van der Waals surface area contributed by atoms with Crippen LogP contribution in [0.15, 0.2) is 40.1 Å². The zero-order chi connectivity index (χ0) is 22.3. The highest BCUT2D eigenvalue weighted by atomic mass is 32.2. The lowest BCUT2D eigenvalue weighted by Gasteiger charge is -2.20. The summed E-state index contributed by atoms with van der Waals surface area (Å²) in [7, 11) is -2.24. The Labute approximate surface area is 176 Å². The molecule has 0 aromatic carbocycles. The Bertz CT molecular complexity index is 1090. The lowest BCUT2D eigenvalue weighted by molar-refractivity contribution is -0.117. The van der Waals surface area contributed by atoms with Crippen molar-refractivity contribution in [3.63, 3.8) is 0 Å². The third-order valence-corrected chi connectivity index (χ3v) is 6.30. The second-order valence-electron chi connectivity index (χ2n) is 6.74. The van der Waals surface area contributed by atoms with Gasteiger partial charge in [0.2, 0.25) is 10.0 Å². The first-order valence-corrected chi connectivity index (χ1v) is 11.2. The number of unbranched alkanes of at least 4 members (excludes halogenated alkanes) is 1. The molecule has 0 saturated carbocycles. The molecule has 2 aromatic heterocycles. The lowest BCUT2D eigenvalue weighted by Crippen LogP contribution is -2.35. The number of carbonyl (C=O) groups is 1. The molecule has 2 aromatic rings. The molecule has 9 nitrogen and oxygen atoms in total. The Morgan fingerprint density at radius 1 is 1.30 bits per heavy atom. The molecular weight excluding hydrogens is 406 g/mol. The van der Waals surface area contributed by atoms with Gasteiger partial charge in [-0.15, -0.1) is 0 Å². The Morgan fingerprint density at radius 3 is 2.70 bits per heavy atom. The van der Waals surface area contributed by atoms with Crippen molar-refractivity contribution in [2.75, 3.05) is 23.7 Å². The maximum Gasteiger partial charge on any atom is 0.281 e. The van der Waals surface area contributed by atoms with Crippen LogP contribution in [0.25, 0.3) is 5.82 Å². The van der Waals surface area contributed by atoms with Gasteiger partial charge in [0.05, 0.1) is 17.9 Å². The molecule has 0 aliphatic carbocycles. The van der Waals surface area contributed by atoms with Crippen LogP contribution in [0.5, 0.6) is 0 Å². The number of aromatic nitrogens is 2. The highest BCUT2D eigenvalue weighted by Crippen LogP contribution is 2.16. The molecule has 0 aliphatic rings. The number of aliphatic imine (C=N–C) groups is 1. The second-order valence-corrected chi connectivity index (χ2v) is 8.86. The Hall–Kier alpha value is -2.85. The van der Waals surface area contributed by atoms with E-state index in [4.69, 9.17) is 5.73 Å². The summed E-state index contributed by atoms with van der Waals surface area (Å²) in [5, 5.41) is 0. The van der Waals surface area contributed by atoms with Crippen molar-refractivity contribution in [3.05, 3.63) is 52.1 Å². The summed E-state index contributed by atoms with van der Waals surface area (Å²) in [6, 6.07) is 8.11. The molecule has 10 heteroatoms. The van der Waals surface area contributed by atoms with E-state index in [0.717, 1.165) is 10.7 Å². The van der Waals surface area contributed by atoms with Crippen LogP contribution >= 0.6 is 0 Å². The molecule has 0 atom stereocenters. The van der Waals surface area contributed by atoms with Gasteiger partial charge in [-0.2, -0.15) is 0 Å². The highest BCUT2D eigenvalue weighted by Gasteiger charge is 2.22. The van der Waals surface area contributed by atoms with Gasteiger partial charge in [-0.25, -0.2) is 18.4 Å². The molecule has 0 spiro atoms. The number of rotatable bonds is 9. The number of nitrogens with two attached hydrogens (primary N) is 1. The summed E-state index contributed by atoms with van der Waals surface area (Å²) in [4.78, 5) is 33.1. The van der Waals surface area contributed by atoms with Crippen molar-refractivity contribution in [2.24, 2.45) is 10.7 Å². The molecule has 30 heavy (non-hydrogen) atoms. The van der Waals surface area contributed by atoms with Gasteiger partial charge in [0.25, 0.3) is 11.5 Å². The monoisotopic (exact) mass is 433 g/mol. The van der Waals surface area contributed by atoms with Crippen LogP contribution in [-0.4, -0.2) is 49.4 Å². The zero-order valence-corrected chi connectivity index (χ0v) is 18.2. The summed E-state index contributed by atoms with van der Waals surface area (Å²) in [5.41, 5.74) is 5.85. The largest absolute Gasteiger partial charge is 0.326 e. The van der Waals surface area contributed by atoms with E-state index in [1.165, 1.54) is 23.9 Å². The van der Waals surface area contributed by atoms with E-state index >= 15 is 0 Å². The van der Waals surface area contributed by atoms with Crippen LogP contribution in [0.1, 0.15) is 31.2 Å². The molecule has 162 valence electrons. The standard InChI is InChI=1S/C20H27N5O4S/c1-4-5-13-30(28,29)24(3)17-10-9-15(2)25(20(17)27)18-8-6-7-16(23-18)14-19(26)22-12-11-21/h6-10,12H,4-5,11,13-14,21H2,1-3H3. The predicted molar refractivity (Wildman–Crippen MR) is 118 cm³/mol. The number of carbonyl (C=O) groups excluding carboxylic acids is 1. The molecular formula is C20H27N5O4S. The van der Waals surface area contributed by atoms with Gasteiger partial charge in [0.1, 0.15) is 11.5 Å². The quantitative estimate of drug-likeness (QED) is 0.592. The Balaban J connectivity index is 2.45. The topological polar surface area (TPSA) is 128 Å². The van der Waals surface area contributed by atoms with E-state index in [2.05, 4.69) is 9.98 Å². The highest BCUT2D eigenvalue weighted by molar-refractivity contribution is 7.92. The van der Waals surface area contributed by atoms with Crippen molar-refractivity contribution in [3.8, 4) is 5.82 Å². The van der Waals surface area contributed by atoms with Gasteiger partial charge in [-0.05, 0) is 37.6 Å². The number of sulfonamides is 1. The number of nitrogens with zero attached hydrogens (tertiary/aromatic N) is 4. The Morgan fingerprint density at radius 2 is 2.03 bits per heavy atom. The maximum atomic E-state index is 13.1. The van der Waals surface area contributed by atoms with Crippen molar-refractivity contribution < 1.29 is 13.2 Å². The average Bonchev–Trinajstić information content (AvgIpc) is 2.71. The molecule has 2 heterocycles. The minimum absolute atomic E-state index is 0.0347. The number of hydrogen-bond donors (Lipinski definition) is 1. The average molecular weight is 434 g/mol. The summed E-state index contributed by atoms with van der Waals surface area (Å²) >= 11 is 0. The molecule has 0 fully saturated rings. The van der Waals surface area contributed by atoms with Gasteiger partial charge in [-0.3, -0.25) is 18.5 Å².